The van der Waals surface area contributed by atoms with Crippen LogP contribution in [-0.2, 0) is 13.6 Å². The van der Waals surface area contributed by atoms with Gasteiger partial charge in [-0.15, -0.1) is 5.10 Å². The number of nitrogens with zero attached hydrogens (tertiary/aromatic N) is 2. The number of aromatic nitrogens is 3. The van der Waals surface area contributed by atoms with E-state index in [1.165, 1.54) is 21.9 Å². The van der Waals surface area contributed by atoms with Gasteiger partial charge in [0.2, 0.25) is 0 Å². The molecule has 0 radical (unpaired) electrons. The molecule has 2 aromatic rings. The van der Waals surface area contributed by atoms with Gasteiger partial charge in [0, 0.05) is 24.0 Å². The Morgan fingerprint density at radius 3 is 2.45 bits per heavy atom. The van der Waals surface area contributed by atoms with Crippen LogP contribution in [0.4, 0.5) is 0 Å². The van der Waals surface area contributed by atoms with Crippen molar-refractivity contribution in [2.24, 2.45) is 7.05 Å². The van der Waals surface area contributed by atoms with Gasteiger partial charge in [0.05, 0.1) is 0 Å². The van der Waals surface area contributed by atoms with Crippen LogP contribution in [0.2, 0.25) is 0 Å². The zero-order valence-corrected chi connectivity index (χ0v) is 13.0. The normalized spacial score (nSPS) is 11.8. The van der Waals surface area contributed by atoms with E-state index in [-0.39, 0.29) is 11.2 Å². The highest BCUT2D eigenvalue weighted by atomic mass is 32.2. The standard InChI is InChI=1S/C14H20N4OS/c1-14(2,3)15-9-10-5-7-11(8-6-10)20-13-17-16-12(19)18(13)4/h5-8,15H,9H2,1-4H3,(H,16,19). The van der Waals surface area contributed by atoms with E-state index in [9.17, 15) is 4.79 Å². The van der Waals surface area contributed by atoms with E-state index in [1.54, 1.807) is 7.05 Å². The van der Waals surface area contributed by atoms with Crippen molar-refractivity contribution in [2.75, 3.05) is 0 Å². The molecule has 0 bridgehead atoms. The van der Waals surface area contributed by atoms with Crippen LogP contribution in [0.5, 0.6) is 0 Å². The molecule has 5 nitrogen and oxygen atoms in total. The third kappa shape index (κ3) is 3.98. The molecule has 0 aliphatic rings. The number of H-pyrrole nitrogens is 1. The Kier molecular flexibility index (Phi) is 4.35. The topological polar surface area (TPSA) is 62.7 Å². The van der Waals surface area contributed by atoms with Crippen molar-refractivity contribution in [3.05, 3.63) is 40.3 Å². The van der Waals surface area contributed by atoms with Crippen LogP contribution in [0.15, 0.2) is 39.1 Å². The SMILES string of the molecule is Cn1c(Sc2ccc(CNC(C)(C)C)cc2)n[nH]c1=O. The van der Waals surface area contributed by atoms with Crippen molar-refractivity contribution in [1.82, 2.24) is 20.1 Å². The average Bonchev–Trinajstić information content (AvgIpc) is 2.69. The summed E-state index contributed by atoms with van der Waals surface area (Å²) in [6, 6.07) is 8.27. The van der Waals surface area contributed by atoms with Crippen LogP contribution < -0.4 is 11.0 Å². The van der Waals surface area contributed by atoms with Crippen LogP contribution in [0.25, 0.3) is 0 Å². The van der Waals surface area contributed by atoms with Gasteiger partial charge in [-0.25, -0.2) is 9.89 Å². The predicted octanol–water partition coefficient (Wildman–Crippen LogP) is 2.15. The maximum absolute atomic E-state index is 11.3. The Morgan fingerprint density at radius 1 is 1.30 bits per heavy atom. The second-order valence-corrected chi connectivity index (χ2v) is 6.76. The Morgan fingerprint density at radius 2 is 1.95 bits per heavy atom. The van der Waals surface area contributed by atoms with Crippen LogP contribution in [-0.4, -0.2) is 20.3 Å². The lowest BCUT2D eigenvalue weighted by molar-refractivity contribution is 0.424. The maximum atomic E-state index is 11.3. The number of hydrogen-bond acceptors (Lipinski definition) is 4. The molecule has 0 saturated carbocycles. The van der Waals surface area contributed by atoms with Gasteiger partial charge in [0.25, 0.3) is 0 Å². The first-order chi connectivity index (χ1) is 9.35. The minimum atomic E-state index is -0.196. The fraction of sp³-hybridized carbons (Fsp3) is 0.429. The molecule has 0 atom stereocenters. The number of rotatable bonds is 4. The van der Waals surface area contributed by atoms with Gasteiger partial charge in [-0.3, -0.25) is 4.57 Å². The molecule has 2 rings (SSSR count). The fourth-order valence-electron chi connectivity index (χ4n) is 1.57. The first-order valence-corrected chi connectivity index (χ1v) is 7.30. The van der Waals surface area contributed by atoms with Crippen LogP contribution in [0.1, 0.15) is 26.3 Å². The molecule has 1 aromatic carbocycles. The highest BCUT2D eigenvalue weighted by Gasteiger charge is 2.09. The summed E-state index contributed by atoms with van der Waals surface area (Å²) in [7, 11) is 1.70. The lowest BCUT2D eigenvalue weighted by Gasteiger charge is -2.20. The summed E-state index contributed by atoms with van der Waals surface area (Å²) in [6.45, 7) is 7.29. The van der Waals surface area contributed by atoms with Gasteiger partial charge >= 0.3 is 5.69 Å². The third-order valence-electron chi connectivity index (χ3n) is 2.79. The van der Waals surface area contributed by atoms with E-state index < -0.39 is 0 Å². The summed E-state index contributed by atoms with van der Waals surface area (Å²) < 4.78 is 1.50. The summed E-state index contributed by atoms with van der Waals surface area (Å²) in [5.41, 5.74) is 1.15. The molecule has 2 N–H and O–H groups in total. The van der Waals surface area contributed by atoms with Crippen molar-refractivity contribution in [3.63, 3.8) is 0 Å². The largest absolute Gasteiger partial charge is 0.343 e. The van der Waals surface area contributed by atoms with Gasteiger partial charge in [-0.2, -0.15) is 0 Å². The van der Waals surface area contributed by atoms with Gasteiger partial charge in [-0.1, -0.05) is 12.1 Å². The molecule has 108 valence electrons. The first kappa shape index (κ1) is 14.9. The molecule has 6 heteroatoms. The molecule has 0 amide bonds. The monoisotopic (exact) mass is 292 g/mol. The van der Waals surface area contributed by atoms with Crippen LogP contribution in [0, 0.1) is 0 Å². The number of hydrogen-bond donors (Lipinski definition) is 2. The lowest BCUT2D eigenvalue weighted by atomic mass is 10.1. The molecule has 0 spiro atoms. The molecule has 1 heterocycles. The van der Waals surface area contributed by atoms with E-state index in [2.05, 4.69) is 48.4 Å². The highest BCUT2D eigenvalue weighted by molar-refractivity contribution is 7.99. The zero-order chi connectivity index (χ0) is 14.8. The van der Waals surface area contributed by atoms with E-state index in [0.717, 1.165) is 11.4 Å². The molecule has 0 saturated heterocycles. The molecule has 1 aromatic heterocycles. The van der Waals surface area contributed by atoms with Gasteiger partial charge in [0.1, 0.15) is 0 Å². The van der Waals surface area contributed by atoms with Gasteiger partial charge < -0.3 is 5.32 Å². The second-order valence-electron chi connectivity index (χ2n) is 5.72. The quantitative estimate of drug-likeness (QED) is 0.906. The van der Waals surface area contributed by atoms with Gasteiger partial charge in [-0.05, 0) is 50.2 Å². The Hall–Kier alpha value is -1.53. The number of benzene rings is 1. The molecular weight excluding hydrogens is 272 g/mol. The molecule has 20 heavy (non-hydrogen) atoms. The minimum Gasteiger partial charge on any atom is -0.308 e. The Labute approximate surface area is 122 Å². The summed E-state index contributed by atoms with van der Waals surface area (Å²) in [5.74, 6) is 0. The van der Waals surface area contributed by atoms with Gasteiger partial charge in [0.15, 0.2) is 5.16 Å². The fourth-order valence-corrected chi connectivity index (χ4v) is 2.37. The summed E-state index contributed by atoms with van der Waals surface area (Å²) in [4.78, 5) is 12.3. The second kappa shape index (κ2) is 5.85. The van der Waals surface area contributed by atoms with Crippen LogP contribution in [0.3, 0.4) is 0 Å². The smallest absolute Gasteiger partial charge is 0.308 e. The molecule has 0 unspecified atom stereocenters. The first-order valence-electron chi connectivity index (χ1n) is 6.48. The lowest BCUT2D eigenvalue weighted by Crippen LogP contribution is -2.35. The summed E-state index contributed by atoms with van der Waals surface area (Å²) in [5, 5.41) is 10.5. The van der Waals surface area contributed by atoms with Crippen molar-refractivity contribution < 1.29 is 0 Å². The number of aromatic amines is 1. The Bertz CT molecular complexity index is 622. The van der Waals surface area contributed by atoms with Crippen LogP contribution >= 0.6 is 11.8 Å². The van der Waals surface area contributed by atoms with Crippen molar-refractivity contribution in [3.8, 4) is 0 Å². The molecular formula is C14H20N4OS. The predicted molar refractivity (Wildman–Crippen MR) is 81.0 cm³/mol. The van der Waals surface area contributed by atoms with E-state index >= 15 is 0 Å². The molecule has 0 aliphatic heterocycles. The molecule has 0 aliphatic carbocycles. The summed E-state index contributed by atoms with van der Waals surface area (Å²) in [6.07, 6.45) is 0. The highest BCUT2D eigenvalue weighted by Crippen LogP contribution is 2.24. The number of nitrogens with one attached hydrogen (secondary N) is 2. The van der Waals surface area contributed by atoms with E-state index in [0.29, 0.717) is 5.16 Å². The maximum Gasteiger partial charge on any atom is 0.343 e. The minimum absolute atomic E-state index is 0.112. The van der Waals surface area contributed by atoms with Crippen molar-refractivity contribution >= 4 is 11.8 Å². The van der Waals surface area contributed by atoms with E-state index in [4.69, 9.17) is 0 Å². The Balaban J connectivity index is 2.01. The zero-order valence-electron chi connectivity index (χ0n) is 12.2. The average molecular weight is 292 g/mol. The third-order valence-corrected chi connectivity index (χ3v) is 3.85. The summed E-state index contributed by atoms with van der Waals surface area (Å²) >= 11 is 1.47. The van der Waals surface area contributed by atoms with Crippen molar-refractivity contribution in [2.45, 2.75) is 42.9 Å². The van der Waals surface area contributed by atoms with Crippen molar-refractivity contribution in [1.29, 1.82) is 0 Å². The molecule has 0 fully saturated rings. The van der Waals surface area contributed by atoms with E-state index in [1.807, 2.05) is 12.1 Å².